The summed E-state index contributed by atoms with van der Waals surface area (Å²) in [5.41, 5.74) is 0.987. The van der Waals surface area contributed by atoms with Gasteiger partial charge in [-0.05, 0) is 75.4 Å². The number of benzene rings is 2. The summed E-state index contributed by atoms with van der Waals surface area (Å²) in [6.45, 7) is 3.66. The highest BCUT2D eigenvalue weighted by atomic mass is 19.1. The van der Waals surface area contributed by atoms with Gasteiger partial charge in [0.05, 0.1) is 18.2 Å². The molecule has 0 unspecified atom stereocenters. The number of halogens is 1. The third-order valence-corrected chi connectivity index (χ3v) is 5.33. The first-order valence-electron chi connectivity index (χ1n) is 10.7. The molecule has 32 heavy (non-hydrogen) atoms. The lowest BCUT2D eigenvalue weighted by Crippen LogP contribution is -2.32. The van der Waals surface area contributed by atoms with Crippen molar-refractivity contribution in [2.75, 3.05) is 33.8 Å². The molecule has 6 nitrogen and oxygen atoms in total. The highest BCUT2D eigenvalue weighted by Gasteiger charge is 2.45. The molecule has 2 aromatic carbocycles. The second-order valence-electron chi connectivity index (χ2n) is 8.07. The van der Waals surface area contributed by atoms with E-state index in [1.54, 1.807) is 36.4 Å². The highest BCUT2D eigenvalue weighted by molar-refractivity contribution is 6.46. The molecule has 1 aliphatic heterocycles. The van der Waals surface area contributed by atoms with Gasteiger partial charge in [-0.3, -0.25) is 9.59 Å². The molecular formula is C25H29FN2O4. The molecule has 1 N–H and O–H groups in total. The number of ether oxygens (including phenoxy) is 1. The summed E-state index contributed by atoms with van der Waals surface area (Å²) in [6, 6.07) is 11.6. The van der Waals surface area contributed by atoms with Crippen LogP contribution in [0.2, 0.25) is 0 Å². The van der Waals surface area contributed by atoms with Crippen LogP contribution in [0.5, 0.6) is 5.75 Å². The van der Waals surface area contributed by atoms with Gasteiger partial charge in [0.25, 0.3) is 11.7 Å². The number of rotatable bonds is 9. The van der Waals surface area contributed by atoms with E-state index in [4.69, 9.17) is 4.74 Å². The Balaban J connectivity index is 2.01. The molecule has 1 saturated heterocycles. The molecule has 0 aliphatic carbocycles. The second kappa shape index (κ2) is 10.4. The van der Waals surface area contributed by atoms with Crippen molar-refractivity contribution < 1.29 is 23.8 Å². The fourth-order valence-electron chi connectivity index (χ4n) is 3.74. The molecule has 1 heterocycles. The summed E-state index contributed by atoms with van der Waals surface area (Å²) in [5.74, 6) is -1.42. The molecule has 1 amide bonds. The number of hydrogen-bond donors (Lipinski definition) is 1. The van der Waals surface area contributed by atoms with Crippen molar-refractivity contribution in [3.8, 4) is 5.75 Å². The van der Waals surface area contributed by atoms with Crippen LogP contribution in [-0.4, -0.2) is 60.4 Å². The van der Waals surface area contributed by atoms with E-state index in [0.29, 0.717) is 36.4 Å². The van der Waals surface area contributed by atoms with Gasteiger partial charge in [-0.2, -0.15) is 0 Å². The summed E-state index contributed by atoms with van der Waals surface area (Å²) in [7, 11) is 3.86. The van der Waals surface area contributed by atoms with Crippen LogP contribution in [-0.2, 0) is 9.59 Å². The Labute approximate surface area is 187 Å². The van der Waals surface area contributed by atoms with E-state index in [9.17, 15) is 19.1 Å². The predicted molar refractivity (Wildman–Crippen MR) is 121 cm³/mol. The van der Waals surface area contributed by atoms with Gasteiger partial charge in [-0.1, -0.05) is 19.1 Å². The first-order chi connectivity index (χ1) is 15.3. The molecule has 0 spiro atoms. The van der Waals surface area contributed by atoms with Crippen LogP contribution in [0.25, 0.3) is 5.76 Å². The van der Waals surface area contributed by atoms with Gasteiger partial charge >= 0.3 is 0 Å². The van der Waals surface area contributed by atoms with Crippen molar-refractivity contribution in [3.63, 3.8) is 0 Å². The average molecular weight is 441 g/mol. The Morgan fingerprint density at radius 1 is 1.09 bits per heavy atom. The maximum Gasteiger partial charge on any atom is 0.295 e. The fourth-order valence-corrected chi connectivity index (χ4v) is 3.74. The average Bonchev–Trinajstić information content (AvgIpc) is 3.03. The standard InChI is InChI=1S/C25H29FN2O4/c1-4-16-32-20-12-8-18(9-13-20)23(29)21-22(17-6-10-19(26)11-7-17)28(25(31)24(21)30)15-5-14-27(2)3/h6-13,22,29H,4-5,14-16H2,1-3H3/t22-/m1/s1. The van der Waals surface area contributed by atoms with Gasteiger partial charge in [0.2, 0.25) is 0 Å². The Morgan fingerprint density at radius 2 is 1.75 bits per heavy atom. The van der Waals surface area contributed by atoms with Crippen LogP contribution in [0.1, 0.15) is 36.9 Å². The molecule has 0 bridgehead atoms. The van der Waals surface area contributed by atoms with Gasteiger partial charge in [0.1, 0.15) is 17.3 Å². The van der Waals surface area contributed by atoms with Gasteiger partial charge in [0.15, 0.2) is 0 Å². The summed E-state index contributed by atoms with van der Waals surface area (Å²) < 4.78 is 19.1. The zero-order chi connectivity index (χ0) is 23.3. The number of hydrogen-bond acceptors (Lipinski definition) is 5. The fraction of sp³-hybridized carbons (Fsp3) is 0.360. The lowest BCUT2D eigenvalue weighted by molar-refractivity contribution is -0.139. The quantitative estimate of drug-likeness (QED) is 0.363. The number of amides is 1. The molecule has 0 radical (unpaired) electrons. The number of ketones is 1. The number of carbonyl (C=O) groups is 2. The van der Waals surface area contributed by atoms with E-state index in [1.165, 1.54) is 17.0 Å². The Kier molecular flexibility index (Phi) is 7.64. The zero-order valence-electron chi connectivity index (χ0n) is 18.7. The Hall–Kier alpha value is -3.19. The number of nitrogens with zero attached hydrogens (tertiary/aromatic N) is 2. The van der Waals surface area contributed by atoms with Gasteiger partial charge in [-0.15, -0.1) is 0 Å². The van der Waals surface area contributed by atoms with Crippen molar-refractivity contribution in [1.29, 1.82) is 0 Å². The van der Waals surface area contributed by atoms with E-state index in [2.05, 4.69) is 0 Å². The minimum atomic E-state index is -0.784. The number of carbonyl (C=O) groups excluding carboxylic acids is 2. The Bertz CT molecular complexity index is 984. The summed E-state index contributed by atoms with van der Waals surface area (Å²) in [4.78, 5) is 29.3. The molecule has 0 saturated carbocycles. The maximum atomic E-state index is 13.5. The lowest BCUT2D eigenvalue weighted by Gasteiger charge is -2.26. The van der Waals surface area contributed by atoms with Crippen molar-refractivity contribution in [3.05, 3.63) is 71.0 Å². The van der Waals surface area contributed by atoms with Crippen LogP contribution in [0.4, 0.5) is 4.39 Å². The zero-order valence-corrected chi connectivity index (χ0v) is 18.7. The molecule has 1 aliphatic rings. The van der Waals surface area contributed by atoms with Crippen LogP contribution < -0.4 is 4.74 Å². The van der Waals surface area contributed by atoms with E-state index >= 15 is 0 Å². The summed E-state index contributed by atoms with van der Waals surface area (Å²) >= 11 is 0. The minimum absolute atomic E-state index is 0.00804. The molecule has 170 valence electrons. The molecule has 7 heteroatoms. The first kappa shape index (κ1) is 23.5. The van der Waals surface area contributed by atoms with E-state index in [0.717, 1.165) is 13.0 Å². The van der Waals surface area contributed by atoms with Crippen molar-refractivity contribution in [2.24, 2.45) is 0 Å². The molecule has 1 fully saturated rings. The van der Waals surface area contributed by atoms with Gasteiger partial charge in [-0.25, -0.2) is 4.39 Å². The molecular weight excluding hydrogens is 411 g/mol. The molecule has 0 aromatic heterocycles. The lowest BCUT2D eigenvalue weighted by atomic mass is 9.95. The number of aliphatic hydroxyl groups excluding tert-OH is 1. The summed E-state index contributed by atoms with van der Waals surface area (Å²) in [5, 5.41) is 11.0. The maximum absolute atomic E-state index is 13.5. The van der Waals surface area contributed by atoms with Crippen LogP contribution in [0.15, 0.2) is 54.1 Å². The van der Waals surface area contributed by atoms with Gasteiger partial charge < -0.3 is 19.6 Å². The third kappa shape index (κ3) is 5.16. The smallest absolute Gasteiger partial charge is 0.295 e. The first-order valence-corrected chi connectivity index (χ1v) is 10.7. The van der Waals surface area contributed by atoms with Crippen molar-refractivity contribution in [1.82, 2.24) is 9.80 Å². The third-order valence-electron chi connectivity index (χ3n) is 5.33. The van der Waals surface area contributed by atoms with E-state index in [-0.39, 0.29) is 11.3 Å². The molecule has 1 atom stereocenters. The number of Topliss-reactive ketones (excluding diaryl/α,β-unsaturated/α-hetero) is 1. The highest BCUT2D eigenvalue weighted by Crippen LogP contribution is 2.39. The number of aliphatic hydroxyl groups is 1. The van der Waals surface area contributed by atoms with Crippen molar-refractivity contribution in [2.45, 2.75) is 25.8 Å². The number of likely N-dealkylation sites (tertiary alicyclic amines) is 1. The van der Waals surface area contributed by atoms with Crippen LogP contribution in [0, 0.1) is 5.82 Å². The van der Waals surface area contributed by atoms with E-state index < -0.39 is 23.5 Å². The SMILES string of the molecule is CCCOc1ccc(C(O)=C2C(=O)C(=O)N(CCCN(C)C)[C@@H]2c2ccc(F)cc2)cc1. The Morgan fingerprint density at radius 3 is 2.34 bits per heavy atom. The largest absolute Gasteiger partial charge is 0.507 e. The molecule has 2 aromatic rings. The van der Waals surface area contributed by atoms with Crippen LogP contribution >= 0.6 is 0 Å². The van der Waals surface area contributed by atoms with Crippen molar-refractivity contribution >= 4 is 17.4 Å². The summed E-state index contributed by atoms with van der Waals surface area (Å²) in [6.07, 6.45) is 1.53. The normalized spacial score (nSPS) is 17.9. The topological polar surface area (TPSA) is 70.1 Å². The second-order valence-corrected chi connectivity index (χ2v) is 8.07. The molecule has 3 rings (SSSR count). The monoisotopic (exact) mass is 440 g/mol. The van der Waals surface area contributed by atoms with E-state index in [1.807, 2.05) is 25.9 Å². The van der Waals surface area contributed by atoms with Crippen LogP contribution in [0.3, 0.4) is 0 Å². The minimum Gasteiger partial charge on any atom is -0.507 e. The van der Waals surface area contributed by atoms with Gasteiger partial charge in [0, 0.05) is 12.1 Å². The predicted octanol–water partition coefficient (Wildman–Crippen LogP) is 3.99.